The Morgan fingerprint density at radius 3 is 2.92 bits per heavy atom. The highest BCUT2D eigenvalue weighted by Gasteiger charge is 2.08. The maximum atomic E-state index is 12.5. The predicted octanol–water partition coefficient (Wildman–Crippen LogP) is 2.67. The third kappa shape index (κ3) is 4.33. The average molecular weight is 351 g/mol. The van der Waals surface area contributed by atoms with Crippen LogP contribution in [0.5, 0.6) is 0 Å². The van der Waals surface area contributed by atoms with Crippen molar-refractivity contribution in [1.82, 2.24) is 14.5 Å². The summed E-state index contributed by atoms with van der Waals surface area (Å²) in [5.74, 6) is -0.313. The van der Waals surface area contributed by atoms with Gasteiger partial charge in [-0.25, -0.2) is 4.98 Å². The molecule has 0 radical (unpaired) electrons. The number of para-hydroxylation sites is 1. The van der Waals surface area contributed by atoms with Crippen molar-refractivity contribution in [1.29, 1.82) is 0 Å². The van der Waals surface area contributed by atoms with Crippen molar-refractivity contribution in [2.24, 2.45) is 0 Å². The third-order valence-corrected chi connectivity index (χ3v) is 4.21. The van der Waals surface area contributed by atoms with Crippen molar-refractivity contribution in [2.75, 3.05) is 6.61 Å². The topological polar surface area (TPSA) is 74.1 Å². The normalized spacial score (nSPS) is 10.8. The quantitative estimate of drug-likeness (QED) is 0.483. The van der Waals surface area contributed by atoms with E-state index in [1.165, 1.54) is 10.9 Å². The first-order valence-electron chi connectivity index (χ1n) is 8.64. The van der Waals surface area contributed by atoms with Crippen molar-refractivity contribution < 1.29 is 9.53 Å². The van der Waals surface area contributed by atoms with E-state index in [4.69, 9.17) is 4.74 Å². The molecule has 0 aliphatic rings. The van der Waals surface area contributed by atoms with Crippen molar-refractivity contribution in [3.05, 3.63) is 70.5 Å². The van der Waals surface area contributed by atoms with Crippen molar-refractivity contribution >= 4 is 16.9 Å². The van der Waals surface area contributed by atoms with Gasteiger partial charge in [-0.05, 0) is 43.0 Å². The number of pyridine rings is 1. The van der Waals surface area contributed by atoms with Crippen LogP contribution in [0.25, 0.3) is 10.9 Å². The molecule has 6 nitrogen and oxygen atoms in total. The second-order valence-electron chi connectivity index (χ2n) is 6.15. The maximum absolute atomic E-state index is 12.5. The molecule has 2 heterocycles. The van der Waals surface area contributed by atoms with Crippen LogP contribution in [-0.4, -0.2) is 27.1 Å². The van der Waals surface area contributed by atoms with E-state index in [0.717, 1.165) is 24.0 Å². The maximum Gasteiger partial charge on any atom is 0.307 e. The molecule has 0 N–H and O–H groups in total. The van der Waals surface area contributed by atoms with E-state index in [1.54, 1.807) is 12.3 Å². The Morgan fingerprint density at radius 2 is 2.12 bits per heavy atom. The molecular weight excluding hydrogens is 330 g/mol. The first kappa shape index (κ1) is 17.8. The molecule has 1 aromatic carbocycles. The van der Waals surface area contributed by atoms with E-state index in [2.05, 4.69) is 9.97 Å². The molecule has 0 saturated carbocycles. The third-order valence-electron chi connectivity index (χ3n) is 4.21. The molecule has 26 heavy (non-hydrogen) atoms. The summed E-state index contributed by atoms with van der Waals surface area (Å²) in [5, 5.41) is 0.567. The predicted molar refractivity (Wildman–Crippen MR) is 98.9 cm³/mol. The fourth-order valence-electron chi connectivity index (χ4n) is 2.79. The molecule has 0 atom stereocenters. The SMILES string of the molecule is Cc1cccc2c(=O)n(CCC(=O)OCCCc3cccnc3)cnc12. The minimum Gasteiger partial charge on any atom is -0.466 e. The molecule has 3 aromatic rings. The molecule has 0 spiro atoms. The number of carbonyl (C=O) groups excluding carboxylic acids is 1. The summed E-state index contributed by atoms with van der Waals surface area (Å²) in [7, 11) is 0. The van der Waals surface area contributed by atoms with Crippen molar-refractivity contribution in [3.63, 3.8) is 0 Å². The van der Waals surface area contributed by atoms with Crippen LogP contribution in [0.1, 0.15) is 24.0 Å². The first-order valence-corrected chi connectivity index (χ1v) is 8.64. The standard InChI is InChI=1S/C20H21N3O3/c1-15-5-2-8-17-19(15)22-14-23(20(17)25)11-9-18(24)26-12-4-7-16-6-3-10-21-13-16/h2-3,5-6,8,10,13-14H,4,7,9,11-12H2,1H3. The van der Waals surface area contributed by atoms with Crippen LogP contribution in [0.15, 0.2) is 53.8 Å². The van der Waals surface area contributed by atoms with E-state index >= 15 is 0 Å². The summed E-state index contributed by atoms with van der Waals surface area (Å²) in [4.78, 5) is 32.7. The molecule has 0 fully saturated rings. The molecular formula is C20H21N3O3. The number of hydrogen-bond acceptors (Lipinski definition) is 5. The Balaban J connectivity index is 1.49. The Bertz CT molecular complexity index is 951. The number of hydrogen-bond donors (Lipinski definition) is 0. The van der Waals surface area contributed by atoms with E-state index in [-0.39, 0.29) is 24.5 Å². The second-order valence-corrected chi connectivity index (χ2v) is 6.15. The second kappa shape index (κ2) is 8.38. The highest BCUT2D eigenvalue weighted by atomic mass is 16.5. The Hall–Kier alpha value is -3.02. The molecule has 6 heteroatoms. The summed E-state index contributed by atoms with van der Waals surface area (Å²) in [6.07, 6.45) is 6.74. The van der Waals surface area contributed by atoms with E-state index in [1.807, 2.05) is 37.4 Å². The van der Waals surface area contributed by atoms with Crippen LogP contribution in [0.4, 0.5) is 0 Å². The van der Waals surface area contributed by atoms with E-state index in [0.29, 0.717) is 17.5 Å². The van der Waals surface area contributed by atoms with Crippen LogP contribution in [0.2, 0.25) is 0 Å². The van der Waals surface area contributed by atoms with Gasteiger partial charge >= 0.3 is 5.97 Å². The first-order chi connectivity index (χ1) is 12.6. The lowest BCUT2D eigenvalue weighted by Crippen LogP contribution is -2.22. The van der Waals surface area contributed by atoms with Gasteiger partial charge in [-0.15, -0.1) is 0 Å². The van der Waals surface area contributed by atoms with Gasteiger partial charge in [0, 0.05) is 18.9 Å². The summed E-state index contributed by atoms with van der Waals surface area (Å²) >= 11 is 0. The number of carbonyl (C=O) groups is 1. The highest BCUT2D eigenvalue weighted by molar-refractivity contribution is 5.80. The van der Waals surface area contributed by atoms with E-state index in [9.17, 15) is 9.59 Å². The number of rotatable bonds is 7. The molecule has 134 valence electrons. The molecule has 0 aliphatic carbocycles. The minimum absolute atomic E-state index is 0.136. The molecule has 2 aromatic heterocycles. The summed E-state index contributed by atoms with van der Waals surface area (Å²) in [6, 6.07) is 9.39. The van der Waals surface area contributed by atoms with Crippen LogP contribution >= 0.6 is 0 Å². The lowest BCUT2D eigenvalue weighted by Gasteiger charge is -2.08. The summed E-state index contributed by atoms with van der Waals surface area (Å²) in [6.45, 7) is 2.54. The lowest BCUT2D eigenvalue weighted by molar-refractivity contribution is -0.144. The molecule has 0 aliphatic heterocycles. The number of nitrogens with zero attached hydrogens (tertiary/aromatic N) is 3. The van der Waals surface area contributed by atoms with Crippen molar-refractivity contribution in [2.45, 2.75) is 32.7 Å². The smallest absolute Gasteiger partial charge is 0.307 e. The number of benzene rings is 1. The zero-order valence-corrected chi connectivity index (χ0v) is 14.7. The van der Waals surface area contributed by atoms with Gasteiger partial charge < -0.3 is 4.74 Å². The van der Waals surface area contributed by atoms with Crippen LogP contribution < -0.4 is 5.56 Å². The Labute approximate surface area is 151 Å². The van der Waals surface area contributed by atoms with Gasteiger partial charge in [-0.2, -0.15) is 0 Å². The largest absolute Gasteiger partial charge is 0.466 e. The molecule has 0 bridgehead atoms. The fraction of sp³-hybridized carbons (Fsp3) is 0.300. The van der Waals surface area contributed by atoms with E-state index < -0.39 is 0 Å². The number of aromatic nitrogens is 3. The lowest BCUT2D eigenvalue weighted by atomic mass is 10.1. The molecule has 3 rings (SSSR count). The van der Waals surface area contributed by atoms with Crippen LogP contribution in [0, 0.1) is 6.92 Å². The van der Waals surface area contributed by atoms with Gasteiger partial charge in [0.2, 0.25) is 0 Å². The van der Waals surface area contributed by atoms with Gasteiger partial charge in [0.15, 0.2) is 0 Å². The van der Waals surface area contributed by atoms with Crippen LogP contribution in [-0.2, 0) is 22.5 Å². The number of esters is 1. The zero-order valence-electron chi connectivity index (χ0n) is 14.7. The van der Waals surface area contributed by atoms with Gasteiger partial charge in [-0.3, -0.25) is 19.1 Å². The highest BCUT2D eigenvalue weighted by Crippen LogP contribution is 2.11. The van der Waals surface area contributed by atoms with Crippen LogP contribution in [0.3, 0.4) is 0 Å². The summed E-state index contributed by atoms with van der Waals surface area (Å²) < 4.78 is 6.69. The monoisotopic (exact) mass is 351 g/mol. The average Bonchev–Trinajstić information content (AvgIpc) is 2.66. The molecule has 0 unspecified atom stereocenters. The van der Waals surface area contributed by atoms with Gasteiger partial charge in [-0.1, -0.05) is 18.2 Å². The minimum atomic E-state index is -0.313. The van der Waals surface area contributed by atoms with Gasteiger partial charge in [0.25, 0.3) is 5.56 Å². The molecule has 0 saturated heterocycles. The number of aryl methyl sites for hydroxylation is 3. The number of ether oxygens (including phenoxy) is 1. The van der Waals surface area contributed by atoms with Gasteiger partial charge in [0.1, 0.15) is 0 Å². The van der Waals surface area contributed by atoms with Crippen molar-refractivity contribution in [3.8, 4) is 0 Å². The Morgan fingerprint density at radius 1 is 1.23 bits per heavy atom. The van der Waals surface area contributed by atoms with Gasteiger partial charge in [0.05, 0.1) is 30.3 Å². The zero-order chi connectivity index (χ0) is 18.4. The molecule has 0 amide bonds. The Kier molecular flexibility index (Phi) is 5.73. The number of fused-ring (bicyclic) bond motifs is 1. The fourth-order valence-corrected chi connectivity index (χ4v) is 2.79. The summed E-state index contributed by atoms with van der Waals surface area (Å²) in [5.41, 5.74) is 2.64.